The second-order valence-corrected chi connectivity index (χ2v) is 5.15. The van der Waals surface area contributed by atoms with Crippen LogP contribution in [0.1, 0.15) is 27.9 Å². The van der Waals surface area contributed by atoms with Crippen LogP contribution in [0.4, 0.5) is 0 Å². The Hall–Kier alpha value is -1.35. The van der Waals surface area contributed by atoms with E-state index in [9.17, 15) is 4.79 Å². The van der Waals surface area contributed by atoms with Gasteiger partial charge in [0.25, 0.3) is 5.91 Å². The molecule has 1 aromatic carbocycles. The quantitative estimate of drug-likeness (QED) is 0.830. The number of carbonyl (C=O) groups excluding carboxylic acids is 1. The minimum Gasteiger partial charge on any atom is -0.338 e. The molecule has 1 heterocycles. The Labute approximate surface area is 102 Å². The molecule has 0 spiro atoms. The van der Waals surface area contributed by atoms with Crippen LogP contribution >= 0.6 is 0 Å². The van der Waals surface area contributed by atoms with Crippen LogP contribution in [0.15, 0.2) is 18.2 Å². The van der Waals surface area contributed by atoms with Crippen LogP contribution in [0.5, 0.6) is 0 Å². The first-order valence-electron chi connectivity index (χ1n) is 6.39. The zero-order chi connectivity index (χ0) is 11.8. The van der Waals surface area contributed by atoms with E-state index in [0.717, 1.165) is 25.1 Å². The first-order valence-corrected chi connectivity index (χ1v) is 6.39. The predicted octanol–water partition coefficient (Wildman–Crippen LogP) is 1.21. The maximum atomic E-state index is 12.2. The summed E-state index contributed by atoms with van der Waals surface area (Å²) in [7, 11) is 0. The topological polar surface area (TPSA) is 46.3 Å². The number of fused-ring (bicyclic) bond motifs is 1. The number of amides is 1. The summed E-state index contributed by atoms with van der Waals surface area (Å²) in [6.07, 6.45) is 3.52. The highest BCUT2D eigenvalue weighted by Gasteiger charge is 2.30. The van der Waals surface area contributed by atoms with E-state index in [-0.39, 0.29) is 5.91 Å². The van der Waals surface area contributed by atoms with Crippen LogP contribution < -0.4 is 5.73 Å². The Morgan fingerprint density at radius 3 is 2.82 bits per heavy atom. The molecule has 1 amide bonds. The van der Waals surface area contributed by atoms with Gasteiger partial charge in [0.2, 0.25) is 0 Å². The lowest BCUT2D eigenvalue weighted by molar-refractivity contribution is 0.0515. The average molecular weight is 230 g/mol. The third kappa shape index (κ3) is 1.84. The number of hydrogen-bond acceptors (Lipinski definition) is 2. The fourth-order valence-electron chi connectivity index (χ4n) is 2.77. The molecule has 0 unspecified atom stereocenters. The summed E-state index contributed by atoms with van der Waals surface area (Å²) in [6.45, 7) is 2.34. The lowest BCUT2D eigenvalue weighted by atomic mass is 9.98. The monoisotopic (exact) mass is 230 g/mol. The predicted molar refractivity (Wildman–Crippen MR) is 66.9 cm³/mol. The number of nitrogens with two attached hydrogens (primary N) is 1. The van der Waals surface area contributed by atoms with Crippen LogP contribution in [-0.2, 0) is 12.8 Å². The van der Waals surface area contributed by atoms with Crippen LogP contribution in [0, 0.1) is 5.92 Å². The van der Waals surface area contributed by atoms with Gasteiger partial charge in [-0.1, -0.05) is 6.07 Å². The number of benzene rings is 1. The van der Waals surface area contributed by atoms with Gasteiger partial charge >= 0.3 is 0 Å². The zero-order valence-corrected chi connectivity index (χ0v) is 9.98. The summed E-state index contributed by atoms with van der Waals surface area (Å²) in [5.41, 5.74) is 9.21. The molecule has 0 aromatic heterocycles. The standard InChI is InChI=1S/C14H18N2O/c15-7-10-8-16(9-10)14(17)13-5-4-11-2-1-3-12(11)6-13/h4-6,10H,1-3,7-9,15H2. The highest BCUT2D eigenvalue weighted by Crippen LogP contribution is 2.24. The van der Waals surface area contributed by atoms with Gasteiger partial charge in [-0.3, -0.25) is 4.79 Å². The molecule has 2 aliphatic rings. The minimum atomic E-state index is 0.171. The van der Waals surface area contributed by atoms with Crippen molar-refractivity contribution in [2.75, 3.05) is 19.6 Å². The van der Waals surface area contributed by atoms with Gasteiger partial charge in [-0.25, -0.2) is 0 Å². The molecule has 2 N–H and O–H groups in total. The summed E-state index contributed by atoms with van der Waals surface area (Å²) < 4.78 is 0. The molecule has 0 bridgehead atoms. The Morgan fingerprint density at radius 2 is 2.06 bits per heavy atom. The van der Waals surface area contributed by atoms with Crippen molar-refractivity contribution in [3.05, 3.63) is 34.9 Å². The fourth-order valence-corrected chi connectivity index (χ4v) is 2.77. The van der Waals surface area contributed by atoms with E-state index in [1.165, 1.54) is 24.0 Å². The SMILES string of the molecule is NCC1CN(C(=O)c2ccc3c(c2)CCC3)C1. The molecule has 1 saturated heterocycles. The van der Waals surface area contributed by atoms with Gasteiger partial charge in [-0.15, -0.1) is 0 Å². The average Bonchev–Trinajstić information content (AvgIpc) is 2.74. The highest BCUT2D eigenvalue weighted by molar-refractivity contribution is 5.95. The van der Waals surface area contributed by atoms with Crippen LogP contribution in [0.25, 0.3) is 0 Å². The summed E-state index contributed by atoms with van der Waals surface area (Å²) in [5.74, 6) is 0.678. The second-order valence-electron chi connectivity index (χ2n) is 5.15. The smallest absolute Gasteiger partial charge is 0.253 e. The molecule has 3 rings (SSSR count). The lowest BCUT2D eigenvalue weighted by Crippen LogP contribution is -2.52. The van der Waals surface area contributed by atoms with E-state index >= 15 is 0 Å². The van der Waals surface area contributed by atoms with Gasteiger partial charge in [0, 0.05) is 24.6 Å². The van der Waals surface area contributed by atoms with Gasteiger partial charge < -0.3 is 10.6 Å². The molecule has 1 aliphatic carbocycles. The van der Waals surface area contributed by atoms with Crippen molar-refractivity contribution in [2.45, 2.75) is 19.3 Å². The molecule has 0 atom stereocenters. The Kier molecular flexibility index (Phi) is 2.63. The molecule has 3 heteroatoms. The van der Waals surface area contributed by atoms with Crippen molar-refractivity contribution >= 4 is 5.91 Å². The van der Waals surface area contributed by atoms with Crippen molar-refractivity contribution in [3.8, 4) is 0 Å². The molecule has 90 valence electrons. The van der Waals surface area contributed by atoms with Crippen LogP contribution in [-0.4, -0.2) is 30.4 Å². The number of hydrogen-bond donors (Lipinski definition) is 1. The maximum Gasteiger partial charge on any atom is 0.253 e. The van der Waals surface area contributed by atoms with E-state index < -0.39 is 0 Å². The van der Waals surface area contributed by atoms with Crippen molar-refractivity contribution < 1.29 is 4.79 Å². The summed E-state index contributed by atoms with van der Waals surface area (Å²) in [4.78, 5) is 14.1. The third-order valence-corrected chi connectivity index (χ3v) is 3.92. The van der Waals surface area contributed by atoms with Crippen molar-refractivity contribution in [1.82, 2.24) is 4.90 Å². The van der Waals surface area contributed by atoms with E-state index in [0.29, 0.717) is 12.5 Å². The molecule has 1 fully saturated rings. The molecule has 17 heavy (non-hydrogen) atoms. The fraction of sp³-hybridized carbons (Fsp3) is 0.500. The third-order valence-electron chi connectivity index (χ3n) is 3.92. The molecule has 3 nitrogen and oxygen atoms in total. The van der Waals surface area contributed by atoms with E-state index in [1.807, 2.05) is 11.0 Å². The first kappa shape index (κ1) is 10.8. The second kappa shape index (κ2) is 4.15. The summed E-state index contributed by atoms with van der Waals surface area (Å²) in [6, 6.07) is 6.18. The number of likely N-dealkylation sites (tertiary alicyclic amines) is 1. The zero-order valence-electron chi connectivity index (χ0n) is 9.98. The van der Waals surface area contributed by atoms with Crippen molar-refractivity contribution in [1.29, 1.82) is 0 Å². The largest absolute Gasteiger partial charge is 0.338 e. The van der Waals surface area contributed by atoms with Gasteiger partial charge in [0.15, 0.2) is 0 Å². The van der Waals surface area contributed by atoms with Crippen LogP contribution in [0.3, 0.4) is 0 Å². The number of rotatable bonds is 2. The van der Waals surface area contributed by atoms with Gasteiger partial charge in [-0.05, 0) is 49.1 Å². The Bertz CT molecular complexity index is 450. The highest BCUT2D eigenvalue weighted by atomic mass is 16.2. The normalized spacial score (nSPS) is 19.0. The molecule has 1 aromatic rings. The molecule has 1 aliphatic heterocycles. The summed E-state index contributed by atoms with van der Waals surface area (Å²) in [5, 5.41) is 0. The van der Waals surface area contributed by atoms with Crippen molar-refractivity contribution in [2.24, 2.45) is 11.7 Å². The van der Waals surface area contributed by atoms with Crippen LogP contribution in [0.2, 0.25) is 0 Å². The molecule has 0 radical (unpaired) electrons. The van der Waals surface area contributed by atoms with E-state index in [4.69, 9.17) is 5.73 Å². The molecular formula is C14H18N2O. The first-order chi connectivity index (χ1) is 8.28. The molecular weight excluding hydrogens is 212 g/mol. The number of carbonyl (C=O) groups is 1. The Morgan fingerprint density at radius 1 is 1.29 bits per heavy atom. The number of aryl methyl sites for hydroxylation is 2. The van der Waals surface area contributed by atoms with Gasteiger partial charge in [0.1, 0.15) is 0 Å². The summed E-state index contributed by atoms with van der Waals surface area (Å²) >= 11 is 0. The Balaban J connectivity index is 1.74. The van der Waals surface area contributed by atoms with E-state index in [1.54, 1.807) is 0 Å². The lowest BCUT2D eigenvalue weighted by Gasteiger charge is -2.38. The van der Waals surface area contributed by atoms with Crippen molar-refractivity contribution in [3.63, 3.8) is 0 Å². The van der Waals surface area contributed by atoms with Gasteiger partial charge in [-0.2, -0.15) is 0 Å². The maximum absolute atomic E-state index is 12.2. The van der Waals surface area contributed by atoms with E-state index in [2.05, 4.69) is 12.1 Å². The number of nitrogens with zero attached hydrogens (tertiary/aromatic N) is 1. The van der Waals surface area contributed by atoms with Gasteiger partial charge in [0.05, 0.1) is 0 Å². The molecule has 0 saturated carbocycles. The minimum absolute atomic E-state index is 0.171.